The van der Waals surface area contributed by atoms with Crippen molar-refractivity contribution in [3.63, 3.8) is 0 Å². The zero-order valence-electron chi connectivity index (χ0n) is 18.8. The number of nitrogens with zero attached hydrogens (tertiary/aromatic N) is 2. The second kappa shape index (κ2) is 9.64. The van der Waals surface area contributed by atoms with Crippen LogP contribution in [0.15, 0.2) is 78.9 Å². The maximum Gasteiger partial charge on any atom is 0.326 e. The Hall–Kier alpha value is -4.73. The zero-order valence-corrected chi connectivity index (χ0v) is 18.8. The van der Waals surface area contributed by atoms with E-state index in [0.717, 1.165) is 4.90 Å². The van der Waals surface area contributed by atoms with Crippen LogP contribution < -0.4 is 15.4 Å². The standard InChI is InChI=1S/C25H22N4O6/c1-2-35-19-13-14-20(21(15-19)29(33)34)26-22(30)16-28-23(31)25(27-24(28)32,17-9-5-3-6-10-17)18-11-7-4-8-12-18/h3-15H,2,16H2,1H3,(H,26,30)(H,27,32). The molecule has 1 aliphatic rings. The van der Waals surface area contributed by atoms with Crippen LogP contribution in [0.2, 0.25) is 0 Å². The number of ether oxygens (including phenoxy) is 1. The molecule has 0 unspecified atom stereocenters. The summed E-state index contributed by atoms with van der Waals surface area (Å²) in [4.78, 5) is 51.0. The molecule has 178 valence electrons. The molecule has 1 heterocycles. The van der Waals surface area contributed by atoms with Gasteiger partial charge in [-0.1, -0.05) is 60.7 Å². The number of benzene rings is 3. The average molecular weight is 474 g/mol. The maximum atomic E-state index is 13.7. The number of rotatable bonds is 8. The number of nitro groups is 1. The number of nitro benzene ring substituents is 1. The first-order chi connectivity index (χ1) is 16.9. The minimum Gasteiger partial charge on any atom is -0.494 e. The summed E-state index contributed by atoms with van der Waals surface area (Å²) in [6.07, 6.45) is 0. The van der Waals surface area contributed by atoms with Crippen molar-refractivity contribution in [3.8, 4) is 5.75 Å². The molecular weight excluding hydrogens is 452 g/mol. The van der Waals surface area contributed by atoms with Gasteiger partial charge in [0.25, 0.3) is 11.6 Å². The van der Waals surface area contributed by atoms with Gasteiger partial charge in [0.15, 0.2) is 5.54 Å². The van der Waals surface area contributed by atoms with Crippen LogP contribution in [0, 0.1) is 10.1 Å². The summed E-state index contributed by atoms with van der Waals surface area (Å²) in [7, 11) is 0. The van der Waals surface area contributed by atoms with E-state index in [1.807, 2.05) is 0 Å². The Morgan fingerprint density at radius 2 is 1.63 bits per heavy atom. The van der Waals surface area contributed by atoms with E-state index in [2.05, 4.69) is 10.6 Å². The number of urea groups is 1. The van der Waals surface area contributed by atoms with Crippen molar-refractivity contribution in [2.75, 3.05) is 18.5 Å². The van der Waals surface area contributed by atoms with Crippen molar-refractivity contribution in [2.45, 2.75) is 12.5 Å². The highest BCUT2D eigenvalue weighted by Gasteiger charge is 2.54. The molecule has 4 amide bonds. The van der Waals surface area contributed by atoms with Gasteiger partial charge in [-0.15, -0.1) is 0 Å². The molecule has 2 N–H and O–H groups in total. The van der Waals surface area contributed by atoms with E-state index in [-0.39, 0.29) is 17.1 Å². The van der Waals surface area contributed by atoms with Crippen LogP contribution in [0.1, 0.15) is 18.1 Å². The smallest absolute Gasteiger partial charge is 0.326 e. The molecule has 0 spiro atoms. The van der Waals surface area contributed by atoms with Gasteiger partial charge in [0.1, 0.15) is 18.0 Å². The minimum absolute atomic E-state index is 0.0760. The molecule has 0 saturated carbocycles. The summed E-state index contributed by atoms with van der Waals surface area (Å²) in [5.41, 5.74) is -0.882. The van der Waals surface area contributed by atoms with Crippen molar-refractivity contribution in [3.05, 3.63) is 100 Å². The lowest BCUT2D eigenvalue weighted by Crippen LogP contribution is -2.45. The Labute approximate surface area is 200 Å². The molecule has 3 aromatic rings. The summed E-state index contributed by atoms with van der Waals surface area (Å²) >= 11 is 0. The molecule has 0 bridgehead atoms. The molecule has 4 rings (SSSR count). The molecule has 1 saturated heterocycles. The fraction of sp³-hybridized carbons (Fsp3) is 0.160. The van der Waals surface area contributed by atoms with E-state index in [0.29, 0.717) is 17.7 Å². The first kappa shape index (κ1) is 23.4. The molecule has 0 radical (unpaired) electrons. The van der Waals surface area contributed by atoms with E-state index in [9.17, 15) is 24.5 Å². The predicted octanol–water partition coefficient (Wildman–Crippen LogP) is 3.43. The molecule has 1 fully saturated rings. The monoisotopic (exact) mass is 474 g/mol. The number of imide groups is 1. The zero-order chi connectivity index (χ0) is 25.0. The molecule has 0 atom stereocenters. The summed E-state index contributed by atoms with van der Waals surface area (Å²) < 4.78 is 5.28. The van der Waals surface area contributed by atoms with Gasteiger partial charge < -0.3 is 15.4 Å². The highest BCUT2D eigenvalue weighted by atomic mass is 16.6. The fourth-order valence-corrected chi connectivity index (χ4v) is 4.01. The molecule has 0 aliphatic carbocycles. The van der Waals surface area contributed by atoms with Crippen LogP contribution in [0.4, 0.5) is 16.2 Å². The SMILES string of the molecule is CCOc1ccc(NC(=O)CN2C(=O)NC(c3ccccc3)(c3ccccc3)C2=O)c([N+](=O)[O-])c1. The van der Waals surface area contributed by atoms with Crippen LogP contribution in [0.25, 0.3) is 0 Å². The Bertz CT molecular complexity index is 1240. The number of carbonyl (C=O) groups is 3. The first-order valence-electron chi connectivity index (χ1n) is 10.8. The van der Waals surface area contributed by atoms with Crippen molar-refractivity contribution in [1.29, 1.82) is 0 Å². The van der Waals surface area contributed by atoms with Crippen molar-refractivity contribution in [2.24, 2.45) is 0 Å². The van der Waals surface area contributed by atoms with Crippen LogP contribution in [-0.4, -0.2) is 40.8 Å². The highest BCUT2D eigenvalue weighted by Crippen LogP contribution is 2.36. The number of hydrogen-bond donors (Lipinski definition) is 2. The molecular formula is C25H22N4O6. The summed E-state index contributed by atoms with van der Waals surface area (Å²) in [5.74, 6) is -1.12. The molecule has 3 aromatic carbocycles. The molecule has 35 heavy (non-hydrogen) atoms. The summed E-state index contributed by atoms with van der Waals surface area (Å²) in [6, 6.07) is 20.7. The molecule has 10 nitrogen and oxygen atoms in total. The van der Waals surface area contributed by atoms with E-state index < -0.39 is 34.9 Å². The van der Waals surface area contributed by atoms with Crippen molar-refractivity contribution in [1.82, 2.24) is 10.2 Å². The number of nitrogens with one attached hydrogen (secondary N) is 2. The first-order valence-corrected chi connectivity index (χ1v) is 10.8. The second-order valence-electron chi connectivity index (χ2n) is 7.72. The Balaban J connectivity index is 1.61. The van der Waals surface area contributed by atoms with E-state index >= 15 is 0 Å². The third kappa shape index (κ3) is 4.41. The largest absolute Gasteiger partial charge is 0.494 e. The third-order valence-corrected chi connectivity index (χ3v) is 5.57. The van der Waals surface area contributed by atoms with Crippen LogP contribution >= 0.6 is 0 Å². The Kier molecular flexibility index (Phi) is 6.45. The quantitative estimate of drug-likeness (QED) is 0.292. The van der Waals surface area contributed by atoms with Gasteiger partial charge in [-0.05, 0) is 30.2 Å². The maximum absolute atomic E-state index is 13.7. The lowest BCUT2D eigenvalue weighted by atomic mass is 9.82. The topological polar surface area (TPSA) is 131 Å². The van der Waals surface area contributed by atoms with Crippen LogP contribution in [-0.2, 0) is 15.1 Å². The average Bonchev–Trinajstić information content (AvgIpc) is 3.11. The Morgan fingerprint density at radius 1 is 1.03 bits per heavy atom. The lowest BCUT2D eigenvalue weighted by molar-refractivity contribution is -0.384. The molecule has 10 heteroatoms. The van der Waals surface area contributed by atoms with E-state index in [1.165, 1.54) is 18.2 Å². The van der Waals surface area contributed by atoms with Gasteiger partial charge in [0, 0.05) is 0 Å². The summed E-state index contributed by atoms with van der Waals surface area (Å²) in [5, 5.41) is 16.7. The van der Waals surface area contributed by atoms with E-state index in [4.69, 9.17) is 4.74 Å². The van der Waals surface area contributed by atoms with Gasteiger partial charge in [-0.2, -0.15) is 0 Å². The third-order valence-electron chi connectivity index (χ3n) is 5.57. The number of anilines is 1. The van der Waals surface area contributed by atoms with Gasteiger partial charge in [0.05, 0.1) is 17.6 Å². The number of amides is 4. The van der Waals surface area contributed by atoms with Crippen LogP contribution in [0.5, 0.6) is 5.75 Å². The minimum atomic E-state index is -1.51. The van der Waals surface area contributed by atoms with Crippen molar-refractivity contribution < 1.29 is 24.0 Å². The highest BCUT2D eigenvalue weighted by molar-refractivity contribution is 6.12. The van der Waals surface area contributed by atoms with Gasteiger partial charge >= 0.3 is 6.03 Å². The number of hydrogen-bond acceptors (Lipinski definition) is 6. The Morgan fingerprint density at radius 3 is 2.17 bits per heavy atom. The van der Waals surface area contributed by atoms with Gasteiger partial charge in [-0.3, -0.25) is 24.6 Å². The predicted molar refractivity (Wildman–Crippen MR) is 127 cm³/mol. The molecule has 0 aromatic heterocycles. The normalized spacial score (nSPS) is 14.4. The second-order valence-corrected chi connectivity index (χ2v) is 7.72. The van der Waals surface area contributed by atoms with Gasteiger partial charge in [-0.25, -0.2) is 4.79 Å². The fourth-order valence-electron chi connectivity index (χ4n) is 4.01. The van der Waals surface area contributed by atoms with Crippen LogP contribution in [0.3, 0.4) is 0 Å². The lowest BCUT2D eigenvalue weighted by Gasteiger charge is -2.28. The number of carbonyl (C=O) groups excluding carboxylic acids is 3. The van der Waals surface area contributed by atoms with E-state index in [1.54, 1.807) is 67.6 Å². The molecule has 1 aliphatic heterocycles. The summed E-state index contributed by atoms with van der Waals surface area (Å²) in [6.45, 7) is 1.43. The van der Waals surface area contributed by atoms with Gasteiger partial charge in [0.2, 0.25) is 5.91 Å². The van der Waals surface area contributed by atoms with Crippen molar-refractivity contribution >= 4 is 29.2 Å².